The molecule has 0 atom stereocenters. The first-order valence-corrected chi connectivity index (χ1v) is 11.2. The molecular formula is C27H21ClN4O2. The van der Waals surface area contributed by atoms with Crippen LogP contribution in [-0.2, 0) is 4.79 Å². The molecule has 1 amide bonds. The monoisotopic (exact) mass is 468 g/mol. The predicted octanol–water partition coefficient (Wildman–Crippen LogP) is 6.07. The lowest BCUT2D eigenvalue weighted by Gasteiger charge is -2.11. The second-order valence-corrected chi connectivity index (χ2v) is 8.19. The van der Waals surface area contributed by atoms with Gasteiger partial charge in [-0.3, -0.25) is 4.79 Å². The van der Waals surface area contributed by atoms with Gasteiger partial charge in [0, 0.05) is 16.8 Å². The molecule has 1 N–H and O–H groups in total. The van der Waals surface area contributed by atoms with Crippen LogP contribution >= 0.6 is 11.6 Å². The molecule has 3 aromatic carbocycles. The van der Waals surface area contributed by atoms with Crippen molar-refractivity contribution in [3.8, 4) is 22.7 Å². The number of pyridine rings is 1. The number of aromatic nitrogens is 3. The van der Waals surface area contributed by atoms with Crippen LogP contribution in [0.15, 0.2) is 91.0 Å². The summed E-state index contributed by atoms with van der Waals surface area (Å²) in [5.74, 6) is 0.0490. The van der Waals surface area contributed by atoms with E-state index < -0.39 is 0 Å². The summed E-state index contributed by atoms with van der Waals surface area (Å²) >= 11 is 5.91. The molecule has 0 bridgehead atoms. The number of halogens is 1. The molecule has 0 aliphatic heterocycles. The molecule has 0 unspecified atom stereocenters. The molecule has 0 aliphatic carbocycles. The van der Waals surface area contributed by atoms with Crippen molar-refractivity contribution in [2.45, 2.75) is 6.92 Å². The average molecular weight is 469 g/mol. The highest BCUT2D eigenvalue weighted by Gasteiger charge is 2.18. The molecule has 168 valence electrons. The number of hydrogen-bond acceptors (Lipinski definition) is 4. The van der Waals surface area contributed by atoms with Gasteiger partial charge in [-0.15, -0.1) is 0 Å². The Morgan fingerprint density at radius 3 is 2.35 bits per heavy atom. The van der Waals surface area contributed by atoms with E-state index in [-0.39, 0.29) is 12.5 Å². The van der Waals surface area contributed by atoms with Gasteiger partial charge < -0.3 is 10.1 Å². The van der Waals surface area contributed by atoms with Gasteiger partial charge in [-0.2, -0.15) is 10.1 Å². The summed E-state index contributed by atoms with van der Waals surface area (Å²) in [7, 11) is 0. The van der Waals surface area contributed by atoms with Crippen LogP contribution in [0.4, 0.5) is 5.69 Å². The highest BCUT2D eigenvalue weighted by atomic mass is 35.5. The number of carbonyl (C=O) groups excluding carboxylic acids is 1. The fourth-order valence-electron chi connectivity index (χ4n) is 3.80. The van der Waals surface area contributed by atoms with Gasteiger partial charge in [-0.1, -0.05) is 60.1 Å². The lowest BCUT2D eigenvalue weighted by molar-refractivity contribution is -0.118. The standard InChI is InChI=1S/C27H21ClN4O2/c1-18-26-23(19-8-4-2-5-9-19)16-25(30-27(26)32(31-18)22-10-6-3-7-11-22)34-17-24(33)29-21-14-12-20(28)13-15-21/h2-16H,17H2,1H3,(H,29,33). The first kappa shape index (κ1) is 21.7. The molecule has 0 saturated heterocycles. The Kier molecular flexibility index (Phi) is 5.97. The predicted molar refractivity (Wildman–Crippen MR) is 135 cm³/mol. The smallest absolute Gasteiger partial charge is 0.262 e. The van der Waals surface area contributed by atoms with Crippen LogP contribution < -0.4 is 10.1 Å². The molecule has 34 heavy (non-hydrogen) atoms. The van der Waals surface area contributed by atoms with Crippen molar-refractivity contribution < 1.29 is 9.53 Å². The van der Waals surface area contributed by atoms with E-state index in [2.05, 4.69) is 5.32 Å². The highest BCUT2D eigenvalue weighted by Crippen LogP contribution is 2.34. The zero-order valence-electron chi connectivity index (χ0n) is 18.4. The van der Waals surface area contributed by atoms with Crippen LogP contribution in [0.1, 0.15) is 5.69 Å². The second-order valence-electron chi connectivity index (χ2n) is 7.75. The van der Waals surface area contributed by atoms with Gasteiger partial charge in [-0.25, -0.2) is 4.68 Å². The Balaban J connectivity index is 1.51. The Bertz CT molecular complexity index is 1450. The van der Waals surface area contributed by atoms with E-state index in [1.54, 1.807) is 28.9 Å². The third-order valence-electron chi connectivity index (χ3n) is 5.35. The van der Waals surface area contributed by atoms with Crippen molar-refractivity contribution in [2.75, 3.05) is 11.9 Å². The molecule has 0 spiro atoms. The maximum absolute atomic E-state index is 12.5. The Labute approximate surface area is 201 Å². The number of ether oxygens (including phenoxy) is 1. The fourth-order valence-corrected chi connectivity index (χ4v) is 3.93. The molecule has 2 aromatic heterocycles. The first-order chi connectivity index (χ1) is 16.6. The molecule has 5 aromatic rings. The summed E-state index contributed by atoms with van der Waals surface area (Å²) < 4.78 is 7.65. The molecule has 6 nitrogen and oxygen atoms in total. The normalized spacial score (nSPS) is 10.9. The van der Waals surface area contributed by atoms with Gasteiger partial charge in [0.1, 0.15) is 0 Å². The topological polar surface area (TPSA) is 69.0 Å². The van der Waals surface area contributed by atoms with Gasteiger partial charge >= 0.3 is 0 Å². The summed E-state index contributed by atoms with van der Waals surface area (Å²) in [6, 6.07) is 28.6. The number of nitrogens with zero attached hydrogens (tertiary/aromatic N) is 3. The fraction of sp³-hybridized carbons (Fsp3) is 0.0741. The number of hydrogen-bond donors (Lipinski definition) is 1. The lowest BCUT2D eigenvalue weighted by atomic mass is 10.0. The number of nitrogens with one attached hydrogen (secondary N) is 1. The van der Waals surface area contributed by atoms with Crippen LogP contribution in [0.2, 0.25) is 5.02 Å². The molecule has 7 heteroatoms. The molecule has 5 rings (SSSR count). The minimum Gasteiger partial charge on any atom is -0.467 e. The number of para-hydroxylation sites is 1. The number of fused-ring (bicyclic) bond motifs is 1. The molecular weight excluding hydrogens is 448 g/mol. The average Bonchev–Trinajstić information content (AvgIpc) is 3.21. The summed E-state index contributed by atoms with van der Waals surface area (Å²) in [5.41, 5.74) is 5.02. The Morgan fingerprint density at radius 1 is 0.971 bits per heavy atom. The minimum atomic E-state index is -0.293. The largest absolute Gasteiger partial charge is 0.467 e. The Morgan fingerprint density at radius 2 is 1.65 bits per heavy atom. The lowest BCUT2D eigenvalue weighted by Crippen LogP contribution is -2.20. The maximum atomic E-state index is 12.5. The van der Waals surface area contributed by atoms with Gasteiger partial charge in [-0.05, 0) is 54.4 Å². The molecule has 0 fully saturated rings. The van der Waals surface area contributed by atoms with E-state index in [0.717, 1.165) is 27.9 Å². The van der Waals surface area contributed by atoms with E-state index in [4.69, 9.17) is 26.4 Å². The third-order valence-corrected chi connectivity index (χ3v) is 5.61. The van der Waals surface area contributed by atoms with Crippen molar-refractivity contribution in [3.63, 3.8) is 0 Å². The number of benzene rings is 3. The van der Waals surface area contributed by atoms with E-state index in [1.807, 2.05) is 73.7 Å². The van der Waals surface area contributed by atoms with E-state index in [1.165, 1.54) is 0 Å². The van der Waals surface area contributed by atoms with Gasteiger partial charge in [0.15, 0.2) is 12.3 Å². The van der Waals surface area contributed by atoms with E-state index in [0.29, 0.717) is 22.2 Å². The van der Waals surface area contributed by atoms with Crippen LogP contribution in [-0.4, -0.2) is 27.3 Å². The van der Waals surface area contributed by atoms with Gasteiger partial charge in [0.2, 0.25) is 5.88 Å². The summed E-state index contributed by atoms with van der Waals surface area (Å²) in [5, 5.41) is 9.09. The minimum absolute atomic E-state index is 0.187. The number of amides is 1. The van der Waals surface area contributed by atoms with Crippen LogP contribution in [0.3, 0.4) is 0 Å². The van der Waals surface area contributed by atoms with Gasteiger partial charge in [0.05, 0.1) is 16.8 Å². The van der Waals surface area contributed by atoms with Crippen molar-refractivity contribution in [1.82, 2.24) is 14.8 Å². The number of anilines is 1. The molecule has 2 heterocycles. The van der Waals surface area contributed by atoms with Crippen LogP contribution in [0.5, 0.6) is 5.88 Å². The SMILES string of the molecule is Cc1nn(-c2ccccc2)c2nc(OCC(=O)Nc3ccc(Cl)cc3)cc(-c3ccccc3)c12. The third kappa shape index (κ3) is 4.49. The first-order valence-electron chi connectivity index (χ1n) is 10.8. The van der Waals surface area contributed by atoms with Crippen molar-refractivity contribution in [1.29, 1.82) is 0 Å². The summed E-state index contributed by atoms with van der Waals surface area (Å²) in [6.07, 6.45) is 0. The number of carbonyl (C=O) groups is 1. The van der Waals surface area contributed by atoms with Crippen molar-refractivity contribution >= 4 is 34.2 Å². The van der Waals surface area contributed by atoms with E-state index in [9.17, 15) is 4.79 Å². The number of rotatable bonds is 6. The van der Waals surface area contributed by atoms with Gasteiger partial charge in [0.25, 0.3) is 5.91 Å². The number of aryl methyl sites for hydroxylation is 1. The van der Waals surface area contributed by atoms with Crippen LogP contribution in [0, 0.1) is 6.92 Å². The Hall–Kier alpha value is -4.16. The highest BCUT2D eigenvalue weighted by molar-refractivity contribution is 6.30. The second kappa shape index (κ2) is 9.37. The quantitative estimate of drug-likeness (QED) is 0.328. The van der Waals surface area contributed by atoms with E-state index >= 15 is 0 Å². The summed E-state index contributed by atoms with van der Waals surface area (Å²) in [4.78, 5) is 17.2. The van der Waals surface area contributed by atoms with Crippen molar-refractivity contribution in [3.05, 3.63) is 102 Å². The molecule has 0 saturated carbocycles. The zero-order valence-corrected chi connectivity index (χ0v) is 19.2. The zero-order chi connectivity index (χ0) is 23.5. The maximum Gasteiger partial charge on any atom is 0.262 e. The van der Waals surface area contributed by atoms with Crippen LogP contribution in [0.25, 0.3) is 27.8 Å². The molecule has 0 aliphatic rings. The summed E-state index contributed by atoms with van der Waals surface area (Å²) in [6.45, 7) is 1.78. The molecule has 0 radical (unpaired) electrons. The van der Waals surface area contributed by atoms with Crippen molar-refractivity contribution in [2.24, 2.45) is 0 Å².